The average molecular weight is 298 g/mol. The van der Waals surface area contributed by atoms with Crippen LogP contribution in [0.1, 0.15) is 29.6 Å². The third kappa shape index (κ3) is 2.82. The van der Waals surface area contributed by atoms with Crippen LogP contribution in [-0.2, 0) is 11.2 Å². The van der Waals surface area contributed by atoms with Crippen molar-refractivity contribution in [2.24, 2.45) is 0 Å². The van der Waals surface area contributed by atoms with Crippen molar-refractivity contribution in [3.8, 4) is 11.5 Å². The summed E-state index contributed by atoms with van der Waals surface area (Å²) in [6, 6.07) is 4.05. The normalized spacial score (nSPS) is 10.6. The number of methoxy groups -OCH3 is 1. The van der Waals surface area contributed by atoms with Crippen LogP contribution in [-0.4, -0.2) is 18.1 Å². The number of oxazole rings is 1. The molecule has 0 aliphatic heterocycles. The Morgan fingerprint density at radius 3 is 2.90 bits per heavy atom. The van der Waals surface area contributed by atoms with Gasteiger partial charge in [0.1, 0.15) is 5.82 Å². The molecule has 0 aliphatic rings. The first-order valence-electron chi connectivity index (χ1n) is 6.10. The number of carbonyl (C=O) groups is 1. The molecule has 1 aromatic carbocycles. The molecule has 106 valence electrons. The fourth-order valence-electron chi connectivity index (χ4n) is 1.79. The number of carbonyl (C=O) groups excluding carboxylic acids is 1. The Bertz CT molecular complexity index is 639. The van der Waals surface area contributed by atoms with E-state index < -0.39 is 11.8 Å². The predicted molar refractivity (Wildman–Crippen MR) is 72.2 cm³/mol. The minimum Gasteiger partial charge on any atom is -0.463 e. The van der Waals surface area contributed by atoms with Gasteiger partial charge < -0.3 is 9.15 Å². The van der Waals surface area contributed by atoms with Gasteiger partial charge in [0, 0.05) is 5.02 Å². The highest BCUT2D eigenvalue weighted by atomic mass is 35.5. The summed E-state index contributed by atoms with van der Waals surface area (Å²) in [5.41, 5.74) is 0.568. The number of aryl methyl sites for hydroxylation is 1. The van der Waals surface area contributed by atoms with Crippen molar-refractivity contribution < 1.29 is 18.3 Å². The topological polar surface area (TPSA) is 52.3 Å². The lowest BCUT2D eigenvalue weighted by Crippen LogP contribution is -2.03. The van der Waals surface area contributed by atoms with Crippen molar-refractivity contribution in [1.82, 2.24) is 4.98 Å². The maximum atomic E-state index is 13.8. The quantitative estimate of drug-likeness (QED) is 0.804. The van der Waals surface area contributed by atoms with Crippen LogP contribution in [0.2, 0.25) is 5.02 Å². The standard InChI is InChI=1S/C14H13ClFNO3/c1-3-4-11-12(14(18)19-2)20-13(17-11)9-7-8(15)5-6-10(9)16/h5-7H,3-4H2,1-2H3. The van der Waals surface area contributed by atoms with Gasteiger partial charge in [-0.2, -0.15) is 0 Å². The van der Waals surface area contributed by atoms with E-state index in [1.807, 2.05) is 6.92 Å². The second-order valence-corrected chi connectivity index (χ2v) is 4.60. The summed E-state index contributed by atoms with van der Waals surface area (Å²) in [7, 11) is 1.25. The molecule has 4 nitrogen and oxygen atoms in total. The molecule has 0 aliphatic carbocycles. The molecule has 1 aromatic heterocycles. The first kappa shape index (κ1) is 14.5. The second-order valence-electron chi connectivity index (χ2n) is 4.16. The smallest absolute Gasteiger partial charge is 0.376 e. The highest BCUT2D eigenvalue weighted by molar-refractivity contribution is 6.30. The van der Waals surface area contributed by atoms with Crippen LogP contribution >= 0.6 is 11.6 Å². The summed E-state index contributed by atoms with van der Waals surface area (Å²) in [6.45, 7) is 1.94. The van der Waals surface area contributed by atoms with Crippen LogP contribution in [0.25, 0.3) is 11.5 Å². The number of nitrogens with zero attached hydrogens (tertiary/aromatic N) is 1. The maximum absolute atomic E-state index is 13.8. The van der Waals surface area contributed by atoms with E-state index >= 15 is 0 Å². The van der Waals surface area contributed by atoms with Gasteiger partial charge >= 0.3 is 5.97 Å². The molecule has 0 N–H and O–H groups in total. The van der Waals surface area contributed by atoms with Crippen LogP contribution in [0.15, 0.2) is 22.6 Å². The molecule has 0 radical (unpaired) electrons. The van der Waals surface area contributed by atoms with Gasteiger partial charge in [-0.25, -0.2) is 14.2 Å². The van der Waals surface area contributed by atoms with Crippen molar-refractivity contribution in [2.75, 3.05) is 7.11 Å². The predicted octanol–water partition coefficient (Wildman–Crippen LogP) is 3.87. The lowest BCUT2D eigenvalue weighted by molar-refractivity contribution is 0.0564. The molecular formula is C14H13ClFNO3. The highest BCUT2D eigenvalue weighted by Gasteiger charge is 2.22. The van der Waals surface area contributed by atoms with Gasteiger partial charge in [0.15, 0.2) is 0 Å². The number of ether oxygens (including phenoxy) is 1. The van der Waals surface area contributed by atoms with Gasteiger partial charge in [0.25, 0.3) is 0 Å². The zero-order valence-corrected chi connectivity index (χ0v) is 11.8. The van der Waals surface area contributed by atoms with Crippen molar-refractivity contribution in [3.05, 3.63) is 40.5 Å². The summed E-state index contributed by atoms with van der Waals surface area (Å²) >= 11 is 5.84. The summed E-state index contributed by atoms with van der Waals surface area (Å²) in [5.74, 6) is -1.12. The maximum Gasteiger partial charge on any atom is 0.376 e. The first-order valence-corrected chi connectivity index (χ1v) is 6.48. The Labute approximate surface area is 120 Å². The summed E-state index contributed by atoms with van der Waals surface area (Å²) in [6.07, 6.45) is 1.31. The van der Waals surface area contributed by atoms with Crippen LogP contribution < -0.4 is 0 Å². The number of halogens is 2. The largest absolute Gasteiger partial charge is 0.463 e. The van der Waals surface area contributed by atoms with E-state index in [1.165, 1.54) is 25.3 Å². The van der Waals surface area contributed by atoms with Gasteiger partial charge in [-0.05, 0) is 24.6 Å². The molecule has 0 fully saturated rings. The number of hydrogen-bond acceptors (Lipinski definition) is 4. The minimum atomic E-state index is -0.630. The second kappa shape index (κ2) is 6.05. The van der Waals surface area contributed by atoms with Crippen molar-refractivity contribution in [2.45, 2.75) is 19.8 Å². The van der Waals surface area contributed by atoms with Crippen molar-refractivity contribution in [1.29, 1.82) is 0 Å². The molecule has 0 bridgehead atoms. The number of aromatic nitrogens is 1. The number of esters is 1. The molecule has 2 aromatic rings. The third-order valence-electron chi connectivity index (χ3n) is 2.71. The molecule has 20 heavy (non-hydrogen) atoms. The summed E-state index contributed by atoms with van der Waals surface area (Å²) in [5, 5.41) is 0.358. The Kier molecular flexibility index (Phi) is 4.39. The van der Waals surface area contributed by atoms with Gasteiger partial charge in [-0.15, -0.1) is 0 Å². The van der Waals surface area contributed by atoms with E-state index in [4.69, 9.17) is 16.0 Å². The van der Waals surface area contributed by atoms with Crippen LogP contribution in [0, 0.1) is 5.82 Å². The fourth-order valence-corrected chi connectivity index (χ4v) is 1.96. The SMILES string of the molecule is CCCc1nc(-c2cc(Cl)ccc2F)oc1C(=O)OC. The Morgan fingerprint density at radius 1 is 1.50 bits per heavy atom. The zero-order chi connectivity index (χ0) is 14.7. The van der Waals surface area contributed by atoms with Gasteiger partial charge in [0.05, 0.1) is 18.4 Å². The number of hydrogen-bond donors (Lipinski definition) is 0. The molecule has 0 saturated carbocycles. The molecule has 2 rings (SSSR count). The lowest BCUT2D eigenvalue weighted by atomic mass is 10.2. The van der Waals surface area contributed by atoms with E-state index in [9.17, 15) is 9.18 Å². The van der Waals surface area contributed by atoms with Gasteiger partial charge in [-0.3, -0.25) is 0 Å². The zero-order valence-electron chi connectivity index (χ0n) is 11.1. The fraction of sp³-hybridized carbons (Fsp3) is 0.286. The number of rotatable bonds is 4. The highest BCUT2D eigenvalue weighted by Crippen LogP contribution is 2.28. The first-order chi connectivity index (χ1) is 9.56. The lowest BCUT2D eigenvalue weighted by Gasteiger charge is -1.98. The van der Waals surface area contributed by atoms with E-state index in [1.54, 1.807) is 0 Å². The molecule has 0 spiro atoms. The van der Waals surface area contributed by atoms with E-state index in [0.717, 1.165) is 6.42 Å². The molecular weight excluding hydrogens is 285 g/mol. The number of benzene rings is 1. The monoisotopic (exact) mass is 297 g/mol. The molecule has 1 heterocycles. The van der Waals surface area contributed by atoms with Crippen molar-refractivity contribution >= 4 is 17.6 Å². The molecule has 0 amide bonds. The van der Waals surface area contributed by atoms with E-state index in [0.29, 0.717) is 17.1 Å². The Morgan fingerprint density at radius 2 is 2.25 bits per heavy atom. The van der Waals surface area contributed by atoms with Crippen molar-refractivity contribution in [3.63, 3.8) is 0 Å². The molecule has 0 saturated heterocycles. The van der Waals surface area contributed by atoms with Crippen LogP contribution in [0.3, 0.4) is 0 Å². The summed E-state index contributed by atoms with van der Waals surface area (Å²) < 4.78 is 23.8. The Hall–Kier alpha value is -1.88. The summed E-state index contributed by atoms with van der Waals surface area (Å²) in [4.78, 5) is 15.8. The van der Waals surface area contributed by atoms with Gasteiger partial charge in [-0.1, -0.05) is 24.9 Å². The Balaban J connectivity index is 2.52. The van der Waals surface area contributed by atoms with Crippen LogP contribution in [0.4, 0.5) is 4.39 Å². The molecule has 6 heteroatoms. The van der Waals surface area contributed by atoms with Gasteiger partial charge in [0.2, 0.25) is 11.7 Å². The third-order valence-corrected chi connectivity index (χ3v) is 2.95. The van der Waals surface area contributed by atoms with Crippen LogP contribution in [0.5, 0.6) is 0 Å². The average Bonchev–Trinajstić information content (AvgIpc) is 2.85. The molecule has 0 atom stereocenters. The molecule has 0 unspecified atom stereocenters. The van der Waals surface area contributed by atoms with E-state index in [-0.39, 0.29) is 17.2 Å². The van der Waals surface area contributed by atoms with E-state index in [2.05, 4.69) is 9.72 Å². The minimum absolute atomic E-state index is 0.00345.